The van der Waals surface area contributed by atoms with E-state index >= 15 is 0 Å². The van der Waals surface area contributed by atoms with Gasteiger partial charge in [-0.15, -0.1) is 0 Å². The maximum absolute atomic E-state index is 12.9. The van der Waals surface area contributed by atoms with E-state index in [1.165, 1.54) is 0 Å². The van der Waals surface area contributed by atoms with Crippen LogP contribution in [0.15, 0.2) is 66.7 Å². The molecule has 0 radical (unpaired) electrons. The maximum Gasteiger partial charge on any atom is 0.322 e. The molecule has 3 aromatic rings. The van der Waals surface area contributed by atoms with Crippen molar-refractivity contribution >= 4 is 23.3 Å². The second-order valence-corrected chi connectivity index (χ2v) is 8.45. The molecule has 6 heteroatoms. The second kappa shape index (κ2) is 9.77. The summed E-state index contributed by atoms with van der Waals surface area (Å²) in [5, 5.41) is 2.98. The van der Waals surface area contributed by atoms with Gasteiger partial charge in [0.1, 0.15) is 12.4 Å². The van der Waals surface area contributed by atoms with Crippen LogP contribution in [-0.2, 0) is 17.9 Å². The molecule has 0 atom stereocenters. The third kappa shape index (κ3) is 5.52. The quantitative estimate of drug-likeness (QED) is 0.597. The minimum Gasteiger partial charge on any atom is -0.491 e. The van der Waals surface area contributed by atoms with Crippen molar-refractivity contribution in [2.45, 2.75) is 33.9 Å². The molecular weight excluding hydrogens is 414 g/mol. The number of benzene rings is 3. The summed E-state index contributed by atoms with van der Waals surface area (Å²) in [6, 6.07) is 21.4. The van der Waals surface area contributed by atoms with Crippen molar-refractivity contribution in [3.05, 3.63) is 89.0 Å². The molecule has 4 rings (SSSR count). The summed E-state index contributed by atoms with van der Waals surface area (Å²) in [5.74, 6) is 0.749. The standard InChI is InChI=1S/C27H29N3O3/c1-19-7-10-25(11-8-19)30(21(3)31)17-22-9-12-26-23(16-22)18-29(13-14-33-26)27(32)28-24-6-4-5-20(2)15-24/h4-12,15-16H,13-14,17-18H2,1-3H3,(H,28,32). The fraction of sp³-hybridized carbons (Fsp3) is 0.259. The van der Waals surface area contributed by atoms with E-state index in [1.54, 1.807) is 16.7 Å². The lowest BCUT2D eigenvalue weighted by Crippen LogP contribution is -2.36. The first-order chi connectivity index (χ1) is 15.9. The Hall–Kier alpha value is -3.80. The van der Waals surface area contributed by atoms with Crippen molar-refractivity contribution in [1.82, 2.24) is 4.90 Å². The second-order valence-electron chi connectivity index (χ2n) is 8.45. The molecule has 1 aliphatic heterocycles. The molecule has 3 amide bonds. The lowest BCUT2D eigenvalue weighted by atomic mass is 10.1. The molecule has 1 N–H and O–H groups in total. The normalized spacial score (nSPS) is 12.9. The monoisotopic (exact) mass is 443 g/mol. The summed E-state index contributed by atoms with van der Waals surface area (Å²) in [5.41, 5.74) is 5.78. The molecule has 1 aliphatic rings. The molecule has 6 nitrogen and oxygen atoms in total. The largest absolute Gasteiger partial charge is 0.491 e. The van der Waals surface area contributed by atoms with Gasteiger partial charge in [-0.2, -0.15) is 0 Å². The molecule has 170 valence electrons. The van der Waals surface area contributed by atoms with Crippen LogP contribution in [-0.4, -0.2) is 30.0 Å². The van der Waals surface area contributed by atoms with Crippen molar-refractivity contribution in [1.29, 1.82) is 0 Å². The Morgan fingerprint density at radius 2 is 1.79 bits per heavy atom. The fourth-order valence-electron chi connectivity index (χ4n) is 3.94. The van der Waals surface area contributed by atoms with Gasteiger partial charge in [-0.05, 0) is 61.4 Å². The molecule has 0 unspecified atom stereocenters. The molecule has 0 aromatic heterocycles. The van der Waals surface area contributed by atoms with Crippen molar-refractivity contribution in [2.24, 2.45) is 0 Å². The number of nitrogens with zero attached hydrogens (tertiary/aromatic N) is 2. The lowest BCUT2D eigenvalue weighted by molar-refractivity contribution is -0.116. The average Bonchev–Trinajstić information content (AvgIpc) is 3.00. The van der Waals surface area contributed by atoms with Crippen LogP contribution in [0, 0.1) is 13.8 Å². The number of ether oxygens (including phenoxy) is 1. The van der Waals surface area contributed by atoms with E-state index in [0.29, 0.717) is 26.2 Å². The van der Waals surface area contributed by atoms with Gasteiger partial charge in [0.25, 0.3) is 0 Å². The van der Waals surface area contributed by atoms with Gasteiger partial charge in [0.05, 0.1) is 19.6 Å². The fourth-order valence-corrected chi connectivity index (χ4v) is 3.94. The van der Waals surface area contributed by atoms with Gasteiger partial charge in [0.2, 0.25) is 5.91 Å². The maximum atomic E-state index is 12.9. The van der Waals surface area contributed by atoms with Gasteiger partial charge in [-0.1, -0.05) is 35.9 Å². The summed E-state index contributed by atoms with van der Waals surface area (Å²) in [4.78, 5) is 28.8. The molecule has 0 bridgehead atoms. The minimum atomic E-state index is -0.160. The number of hydrogen-bond acceptors (Lipinski definition) is 3. The van der Waals surface area contributed by atoms with Crippen LogP contribution in [0.5, 0.6) is 5.75 Å². The zero-order valence-electron chi connectivity index (χ0n) is 19.3. The summed E-state index contributed by atoms with van der Waals surface area (Å²) in [6.45, 7) is 7.39. The topological polar surface area (TPSA) is 61.9 Å². The van der Waals surface area contributed by atoms with Crippen molar-refractivity contribution < 1.29 is 14.3 Å². The van der Waals surface area contributed by atoms with E-state index in [2.05, 4.69) is 5.32 Å². The zero-order valence-corrected chi connectivity index (χ0v) is 19.3. The molecule has 33 heavy (non-hydrogen) atoms. The van der Waals surface area contributed by atoms with Crippen LogP contribution in [0.1, 0.15) is 29.2 Å². The first-order valence-electron chi connectivity index (χ1n) is 11.1. The number of urea groups is 1. The van der Waals surface area contributed by atoms with Gasteiger partial charge < -0.3 is 19.9 Å². The van der Waals surface area contributed by atoms with Crippen LogP contribution >= 0.6 is 0 Å². The Morgan fingerprint density at radius 3 is 2.52 bits per heavy atom. The van der Waals surface area contributed by atoms with Gasteiger partial charge >= 0.3 is 6.03 Å². The predicted octanol–water partition coefficient (Wildman–Crippen LogP) is 5.28. The third-order valence-electron chi connectivity index (χ3n) is 5.73. The molecule has 0 fully saturated rings. The number of carbonyl (C=O) groups excluding carboxylic acids is 2. The highest BCUT2D eigenvalue weighted by atomic mass is 16.5. The van der Waals surface area contributed by atoms with E-state index in [0.717, 1.165) is 39.4 Å². The van der Waals surface area contributed by atoms with Crippen molar-refractivity contribution in [3.8, 4) is 5.75 Å². The predicted molar refractivity (Wildman–Crippen MR) is 131 cm³/mol. The van der Waals surface area contributed by atoms with Gasteiger partial charge in [0.15, 0.2) is 0 Å². The van der Waals surface area contributed by atoms with Gasteiger partial charge in [0, 0.05) is 23.9 Å². The number of anilines is 2. The number of hydrogen-bond donors (Lipinski definition) is 1. The molecule has 0 aliphatic carbocycles. The van der Waals surface area contributed by atoms with Crippen LogP contribution in [0.2, 0.25) is 0 Å². The SMILES string of the molecule is CC(=O)N(Cc1ccc2c(c1)CN(C(=O)Nc1cccc(C)c1)CCO2)c1ccc(C)cc1. The molecule has 0 saturated heterocycles. The van der Waals surface area contributed by atoms with Crippen LogP contribution in [0.4, 0.5) is 16.2 Å². The lowest BCUT2D eigenvalue weighted by Gasteiger charge is -2.23. The highest BCUT2D eigenvalue weighted by Gasteiger charge is 2.21. The smallest absolute Gasteiger partial charge is 0.322 e. The van der Waals surface area contributed by atoms with Gasteiger partial charge in [-0.25, -0.2) is 4.79 Å². The Bertz CT molecular complexity index is 1160. The van der Waals surface area contributed by atoms with Crippen molar-refractivity contribution in [3.63, 3.8) is 0 Å². The minimum absolute atomic E-state index is 0.0239. The number of aryl methyl sites for hydroxylation is 2. The summed E-state index contributed by atoms with van der Waals surface area (Å²) >= 11 is 0. The highest BCUT2D eigenvalue weighted by molar-refractivity contribution is 5.91. The first-order valence-corrected chi connectivity index (χ1v) is 11.1. The van der Waals surface area contributed by atoms with E-state index in [-0.39, 0.29) is 11.9 Å². The number of rotatable bonds is 4. The number of carbonyl (C=O) groups is 2. The number of fused-ring (bicyclic) bond motifs is 1. The third-order valence-corrected chi connectivity index (χ3v) is 5.73. The van der Waals surface area contributed by atoms with E-state index in [9.17, 15) is 9.59 Å². The van der Waals surface area contributed by atoms with Crippen molar-refractivity contribution in [2.75, 3.05) is 23.4 Å². The average molecular weight is 444 g/mol. The van der Waals surface area contributed by atoms with Crippen LogP contribution < -0.4 is 15.0 Å². The Labute approximate surface area is 194 Å². The number of nitrogens with one attached hydrogen (secondary N) is 1. The molecule has 0 saturated carbocycles. The summed E-state index contributed by atoms with van der Waals surface area (Å²) < 4.78 is 5.90. The first kappa shape index (κ1) is 22.4. The zero-order chi connectivity index (χ0) is 23.4. The summed E-state index contributed by atoms with van der Waals surface area (Å²) in [7, 11) is 0. The molecule has 0 spiro atoms. The summed E-state index contributed by atoms with van der Waals surface area (Å²) in [6.07, 6.45) is 0. The van der Waals surface area contributed by atoms with Crippen LogP contribution in [0.3, 0.4) is 0 Å². The van der Waals surface area contributed by atoms with Crippen LogP contribution in [0.25, 0.3) is 0 Å². The molecule has 1 heterocycles. The Morgan fingerprint density at radius 1 is 1.00 bits per heavy atom. The highest BCUT2D eigenvalue weighted by Crippen LogP contribution is 2.27. The number of amides is 3. The van der Waals surface area contributed by atoms with E-state index in [4.69, 9.17) is 4.74 Å². The van der Waals surface area contributed by atoms with Gasteiger partial charge in [-0.3, -0.25) is 4.79 Å². The Kier molecular flexibility index (Phi) is 6.63. The van der Waals surface area contributed by atoms with E-state index < -0.39 is 0 Å². The molecular formula is C27H29N3O3. The van der Waals surface area contributed by atoms with E-state index in [1.807, 2.05) is 80.6 Å². The Balaban J connectivity index is 1.52. The molecule has 3 aromatic carbocycles.